The molecule has 0 atom stereocenters. The first-order chi connectivity index (χ1) is 13.5. The van der Waals surface area contributed by atoms with Crippen LogP contribution in [0.2, 0.25) is 0 Å². The molecule has 2 amide bonds. The standard InChI is InChI=1S/C20H20F2N2O4/c1-27-5-4-24-11-15-8-14(2-3-18(15)28-12-19(24)25)20(26)23-10-13-6-16(21)9-17(22)7-13/h2-3,6-9H,4-5,10-12H2,1H3,(H,23,26). The minimum Gasteiger partial charge on any atom is -0.483 e. The molecule has 1 aliphatic heterocycles. The van der Waals surface area contributed by atoms with Crippen LogP contribution in [0.4, 0.5) is 8.78 Å². The number of fused-ring (bicyclic) bond motifs is 1. The average molecular weight is 390 g/mol. The van der Waals surface area contributed by atoms with E-state index in [1.807, 2.05) is 0 Å². The Morgan fingerprint density at radius 3 is 2.68 bits per heavy atom. The van der Waals surface area contributed by atoms with Gasteiger partial charge in [-0.05, 0) is 35.9 Å². The molecular formula is C20H20F2N2O4. The molecule has 28 heavy (non-hydrogen) atoms. The fourth-order valence-electron chi connectivity index (χ4n) is 2.91. The van der Waals surface area contributed by atoms with Crippen molar-refractivity contribution in [2.75, 3.05) is 26.9 Å². The minimum absolute atomic E-state index is 0.0143. The molecule has 2 aromatic carbocycles. The third kappa shape index (κ3) is 4.83. The smallest absolute Gasteiger partial charge is 0.260 e. The lowest BCUT2D eigenvalue weighted by molar-refractivity contribution is -0.133. The molecule has 1 N–H and O–H groups in total. The second-order valence-electron chi connectivity index (χ2n) is 6.38. The zero-order valence-corrected chi connectivity index (χ0v) is 15.3. The monoisotopic (exact) mass is 390 g/mol. The minimum atomic E-state index is -0.702. The molecule has 148 valence electrons. The summed E-state index contributed by atoms with van der Waals surface area (Å²) in [6.07, 6.45) is 0. The molecule has 0 aliphatic carbocycles. The van der Waals surface area contributed by atoms with Gasteiger partial charge in [0.15, 0.2) is 6.61 Å². The van der Waals surface area contributed by atoms with Gasteiger partial charge in [0.1, 0.15) is 17.4 Å². The molecule has 0 saturated heterocycles. The van der Waals surface area contributed by atoms with Crippen LogP contribution in [0.3, 0.4) is 0 Å². The van der Waals surface area contributed by atoms with Crippen LogP contribution in [0.25, 0.3) is 0 Å². The van der Waals surface area contributed by atoms with Gasteiger partial charge < -0.3 is 19.7 Å². The number of benzene rings is 2. The number of carbonyl (C=O) groups excluding carboxylic acids is 2. The van der Waals surface area contributed by atoms with E-state index in [-0.39, 0.29) is 19.1 Å². The Balaban J connectivity index is 1.71. The molecule has 2 aromatic rings. The molecule has 8 heteroatoms. The number of amides is 2. The molecule has 6 nitrogen and oxygen atoms in total. The van der Waals surface area contributed by atoms with Gasteiger partial charge in [-0.3, -0.25) is 9.59 Å². The molecule has 0 saturated carbocycles. The van der Waals surface area contributed by atoms with Gasteiger partial charge in [0.25, 0.3) is 11.8 Å². The number of methoxy groups -OCH3 is 1. The van der Waals surface area contributed by atoms with Gasteiger partial charge in [-0.2, -0.15) is 0 Å². The molecule has 0 fully saturated rings. The van der Waals surface area contributed by atoms with E-state index in [1.54, 1.807) is 30.2 Å². The van der Waals surface area contributed by atoms with Gasteiger partial charge in [-0.15, -0.1) is 0 Å². The summed E-state index contributed by atoms with van der Waals surface area (Å²) in [6, 6.07) is 7.96. The molecule has 1 heterocycles. The van der Waals surface area contributed by atoms with E-state index in [0.717, 1.165) is 18.2 Å². The molecule has 0 spiro atoms. The lowest BCUT2D eigenvalue weighted by atomic mass is 10.1. The van der Waals surface area contributed by atoms with Crippen molar-refractivity contribution < 1.29 is 27.8 Å². The first-order valence-electron chi connectivity index (χ1n) is 8.72. The van der Waals surface area contributed by atoms with E-state index in [1.165, 1.54) is 0 Å². The number of ether oxygens (including phenoxy) is 2. The lowest BCUT2D eigenvalue weighted by Gasteiger charge is -2.19. The number of nitrogens with zero attached hydrogens (tertiary/aromatic N) is 1. The van der Waals surface area contributed by atoms with Crippen molar-refractivity contribution in [1.82, 2.24) is 10.2 Å². The number of carbonyl (C=O) groups is 2. The second-order valence-corrected chi connectivity index (χ2v) is 6.38. The fourth-order valence-corrected chi connectivity index (χ4v) is 2.91. The highest BCUT2D eigenvalue weighted by atomic mass is 19.1. The molecule has 0 unspecified atom stereocenters. The molecule has 3 rings (SSSR count). The number of halogens is 2. The van der Waals surface area contributed by atoms with Gasteiger partial charge in [0, 0.05) is 43.9 Å². The van der Waals surface area contributed by atoms with Crippen LogP contribution >= 0.6 is 0 Å². The summed E-state index contributed by atoms with van der Waals surface area (Å²) in [5, 5.41) is 2.63. The highest BCUT2D eigenvalue weighted by molar-refractivity contribution is 5.94. The maximum Gasteiger partial charge on any atom is 0.260 e. The van der Waals surface area contributed by atoms with Gasteiger partial charge >= 0.3 is 0 Å². The van der Waals surface area contributed by atoms with Crippen molar-refractivity contribution in [3.8, 4) is 5.75 Å². The van der Waals surface area contributed by atoms with Crippen LogP contribution in [-0.4, -0.2) is 43.6 Å². The highest BCUT2D eigenvalue weighted by Gasteiger charge is 2.22. The topological polar surface area (TPSA) is 67.9 Å². The summed E-state index contributed by atoms with van der Waals surface area (Å²) >= 11 is 0. The van der Waals surface area contributed by atoms with E-state index >= 15 is 0 Å². The third-order valence-electron chi connectivity index (χ3n) is 4.33. The number of hydrogen-bond acceptors (Lipinski definition) is 4. The summed E-state index contributed by atoms with van der Waals surface area (Å²) in [5.74, 6) is -1.42. The van der Waals surface area contributed by atoms with Gasteiger partial charge in [-0.25, -0.2) is 8.78 Å². The van der Waals surface area contributed by atoms with E-state index in [0.29, 0.717) is 42.1 Å². The van der Waals surface area contributed by atoms with Crippen molar-refractivity contribution in [2.24, 2.45) is 0 Å². The van der Waals surface area contributed by atoms with Gasteiger partial charge in [-0.1, -0.05) is 0 Å². The van der Waals surface area contributed by atoms with Crippen LogP contribution < -0.4 is 10.1 Å². The molecule has 1 aliphatic rings. The summed E-state index contributed by atoms with van der Waals surface area (Å²) in [7, 11) is 1.56. The largest absolute Gasteiger partial charge is 0.483 e. The highest BCUT2D eigenvalue weighted by Crippen LogP contribution is 2.25. The fraction of sp³-hybridized carbons (Fsp3) is 0.300. The average Bonchev–Trinajstić information content (AvgIpc) is 2.82. The number of nitrogens with one attached hydrogen (secondary N) is 1. The van der Waals surface area contributed by atoms with Crippen LogP contribution in [0.1, 0.15) is 21.5 Å². The third-order valence-corrected chi connectivity index (χ3v) is 4.33. The maximum atomic E-state index is 13.3. The first-order valence-corrected chi connectivity index (χ1v) is 8.72. The lowest BCUT2D eigenvalue weighted by Crippen LogP contribution is -2.34. The predicted molar refractivity (Wildman–Crippen MR) is 96.8 cm³/mol. The quantitative estimate of drug-likeness (QED) is 0.822. The molecule has 0 aromatic heterocycles. The predicted octanol–water partition coefficient (Wildman–Crippen LogP) is 2.26. The molecular weight excluding hydrogens is 370 g/mol. The first kappa shape index (κ1) is 19.8. The summed E-state index contributed by atoms with van der Waals surface area (Å²) in [6.45, 7) is 1.02. The van der Waals surface area contributed by atoms with E-state index in [9.17, 15) is 18.4 Å². The van der Waals surface area contributed by atoms with Crippen LogP contribution in [0.15, 0.2) is 36.4 Å². The Bertz CT molecular complexity index is 868. The summed E-state index contributed by atoms with van der Waals surface area (Å²) in [5.41, 5.74) is 1.38. The van der Waals surface area contributed by atoms with Crippen molar-refractivity contribution in [3.05, 3.63) is 64.7 Å². The zero-order chi connectivity index (χ0) is 20.1. The van der Waals surface area contributed by atoms with Gasteiger partial charge in [0.2, 0.25) is 0 Å². The Morgan fingerprint density at radius 1 is 1.21 bits per heavy atom. The molecule has 0 bridgehead atoms. The van der Waals surface area contributed by atoms with Crippen molar-refractivity contribution in [1.29, 1.82) is 0 Å². The normalized spacial score (nSPS) is 13.5. The van der Waals surface area contributed by atoms with Crippen LogP contribution in [0, 0.1) is 11.6 Å². The van der Waals surface area contributed by atoms with Crippen LogP contribution in [-0.2, 0) is 22.6 Å². The summed E-state index contributed by atoms with van der Waals surface area (Å²) in [4.78, 5) is 26.2. The Morgan fingerprint density at radius 2 is 1.96 bits per heavy atom. The van der Waals surface area contributed by atoms with Crippen LogP contribution in [0.5, 0.6) is 5.75 Å². The zero-order valence-electron chi connectivity index (χ0n) is 15.3. The number of hydrogen-bond donors (Lipinski definition) is 1. The summed E-state index contributed by atoms with van der Waals surface area (Å²) < 4.78 is 37.0. The number of rotatable bonds is 6. The molecule has 0 radical (unpaired) electrons. The Kier molecular flexibility index (Phi) is 6.20. The Labute approximate surface area is 161 Å². The second kappa shape index (κ2) is 8.79. The van der Waals surface area contributed by atoms with Crippen molar-refractivity contribution in [3.63, 3.8) is 0 Å². The van der Waals surface area contributed by atoms with E-state index in [2.05, 4.69) is 5.32 Å². The SMILES string of the molecule is COCCN1Cc2cc(C(=O)NCc3cc(F)cc(F)c3)ccc2OCC1=O. The van der Waals surface area contributed by atoms with Crippen molar-refractivity contribution >= 4 is 11.8 Å². The van der Waals surface area contributed by atoms with Gasteiger partial charge in [0.05, 0.1) is 6.61 Å². The Hall–Kier alpha value is -3.00. The van der Waals surface area contributed by atoms with E-state index < -0.39 is 17.5 Å². The van der Waals surface area contributed by atoms with Crippen molar-refractivity contribution in [2.45, 2.75) is 13.1 Å². The maximum absolute atomic E-state index is 13.3. The van der Waals surface area contributed by atoms with E-state index in [4.69, 9.17) is 9.47 Å².